The molecule has 158 valence electrons. The number of imidazole rings is 1. The largest absolute Gasteiger partial charge is 0.383 e. The molecule has 2 aliphatic rings. The maximum Gasteiger partial charge on any atom is 0.255 e. The van der Waals surface area contributed by atoms with E-state index >= 15 is 0 Å². The number of likely N-dealkylation sites (N-methyl/N-ethyl adjacent to an activating group) is 1. The highest BCUT2D eigenvalue weighted by Crippen LogP contribution is 2.35. The molecule has 0 saturated carbocycles. The molecule has 0 aromatic carbocycles. The predicted octanol–water partition coefficient (Wildman–Crippen LogP) is 1.76. The van der Waals surface area contributed by atoms with E-state index in [4.69, 9.17) is 4.74 Å². The van der Waals surface area contributed by atoms with Gasteiger partial charge in [0.25, 0.3) is 5.56 Å². The molecular formula is C22H33N5O2. The van der Waals surface area contributed by atoms with Gasteiger partial charge in [-0.05, 0) is 32.4 Å². The van der Waals surface area contributed by atoms with E-state index in [0.717, 1.165) is 50.5 Å². The number of nitrogens with zero attached hydrogens (tertiary/aromatic N) is 5. The first kappa shape index (κ1) is 20.3. The summed E-state index contributed by atoms with van der Waals surface area (Å²) < 4.78 is 9.33. The number of likely N-dealkylation sites (tertiary alicyclic amines) is 1. The number of hydrogen-bond acceptors (Lipinski definition) is 5. The van der Waals surface area contributed by atoms with Crippen LogP contribution < -0.4 is 5.56 Å². The average Bonchev–Trinajstić information content (AvgIpc) is 3.16. The Labute approximate surface area is 172 Å². The second-order valence-electron chi connectivity index (χ2n) is 8.62. The van der Waals surface area contributed by atoms with Crippen LogP contribution in [0.5, 0.6) is 0 Å². The van der Waals surface area contributed by atoms with Crippen molar-refractivity contribution in [3.63, 3.8) is 0 Å². The second kappa shape index (κ2) is 8.81. The van der Waals surface area contributed by atoms with Crippen molar-refractivity contribution in [2.24, 2.45) is 5.92 Å². The molecule has 29 heavy (non-hydrogen) atoms. The number of aromatic nitrogens is 3. The molecule has 1 saturated heterocycles. The van der Waals surface area contributed by atoms with E-state index in [2.05, 4.69) is 43.1 Å². The van der Waals surface area contributed by atoms with Crippen molar-refractivity contribution in [2.75, 3.05) is 40.4 Å². The molecule has 0 spiro atoms. The van der Waals surface area contributed by atoms with Gasteiger partial charge in [-0.3, -0.25) is 14.6 Å². The summed E-state index contributed by atoms with van der Waals surface area (Å²) in [5.74, 6) is 0.970. The Bertz CT molecular complexity index is 890. The van der Waals surface area contributed by atoms with Crippen molar-refractivity contribution >= 4 is 0 Å². The van der Waals surface area contributed by atoms with E-state index < -0.39 is 0 Å². The van der Waals surface area contributed by atoms with Gasteiger partial charge in [0.2, 0.25) is 0 Å². The maximum absolute atomic E-state index is 13.1. The molecule has 2 aliphatic heterocycles. The number of fused-ring (bicyclic) bond motifs is 4. The van der Waals surface area contributed by atoms with Gasteiger partial charge in [0.1, 0.15) is 0 Å². The lowest BCUT2D eigenvalue weighted by Crippen LogP contribution is -2.47. The van der Waals surface area contributed by atoms with Crippen molar-refractivity contribution in [3.05, 3.63) is 52.0 Å². The summed E-state index contributed by atoms with van der Waals surface area (Å²) in [5, 5.41) is 0. The Balaban J connectivity index is 1.47. The van der Waals surface area contributed by atoms with Crippen LogP contribution in [-0.4, -0.2) is 64.3 Å². The van der Waals surface area contributed by atoms with Gasteiger partial charge in [0.15, 0.2) is 0 Å². The Kier molecular flexibility index (Phi) is 6.18. The Hall–Kier alpha value is -1.96. The van der Waals surface area contributed by atoms with Gasteiger partial charge in [-0.1, -0.05) is 6.07 Å². The first-order valence-corrected chi connectivity index (χ1v) is 10.7. The number of piperidine rings is 1. The monoisotopic (exact) mass is 399 g/mol. The fourth-order valence-electron chi connectivity index (χ4n) is 4.85. The third-order valence-corrected chi connectivity index (χ3v) is 6.31. The van der Waals surface area contributed by atoms with Crippen LogP contribution in [0.3, 0.4) is 0 Å². The number of rotatable bonds is 8. The van der Waals surface area contributed by atoms with E-state index in [9.17, 15) is 4.79 Å². The zero-order chi connectivity index (χ0) is 20.4. The molecule has 2 bridgehead atoms. The Morgan fingerprint density at radius 3 is 2.90 bits per heavy atom. The van der Waals surface area contributed by atoms with Gasteiger partial charge >= 0.3 is 0 Å². The lowest BCUT2D eigenvalue weighted by atomic mass is 9.83. The molecule has 4 rings (SSSR count). The molecule has 0 radical (unpaired) electrons. The number of aryl methyl sites for hydroxylation is 1. The Morgan fingerprint density at radius 2 is 2.14 bits per heavy atom. The zero-order valence-corrected chi connectivity index (χ0v) is 17.9. The van der Waals surface area contributed by atoms with Gasteiger partial charge in [-0.25, -0.2) is 4.98 Å². The molecule has 2 atom stereocenters. The van der Waals surface area contributed by atoms with Crippen LogP contribution in [0.15, 0.2) is 29.5 Å². The van der Waals surface area contributed by atoms with Gasteiger partial charge in [0.05, 0.1) is 18.6 Å². The number of pyridine rings is 1. The van der Waals surface area contributed by atoms with Crippen LogP contribution in [0.4, 0.5) is 0 Å². The summed E-state index contributed by atoms with van der Waals surface area (Å²) in [7, 11) is 3.74. The molecule has 7 nitrogen and oxygen atoms in total. The first-order valence-electron chi connectivity index (χ1n) is 10.7. The van der Waals surface area contributed by atoms with Crippen molar-refractivity contribution in [3.8, 4) is 0 Å². The van der Waals surface area contributed by atoms with Gasteiger partial charge < -0.3 is 13.9 Å². The molecule has 0 unspecified atom stereocenters. The van der Waals surface area contributed by atoms with Crippen LogP contribution in [0, 0.1) is 5.92 Å². The topological polar surface area (TPSA) is 55.5 Å². The molecule has 0 amide bonds. The molecule has 2 aromatic heterocycles. The van der Waals surface area contributed by atoms with Gasteiger partial charge in [-0.15, -0.1) is 0 Å². The van der Waals surface area contributed by atoms with E-state index in [1.165, 1.54) is 12.1 Å². The summed E-state index contributed by atoms with van der Waals surface area (Å²) in [5.41, 5.74) is 3.42. The van der Waals surface area contributed by atoms with Crippen molar-refractivity contribution in [1.82, 2.24) is 23.9 Å². The smallest absolute Gasteiger partial charge is 0.255 e. The van der Waals surface area contributed by atoms with Crippen LogP contribution in [0.1, 0.15) is 36.2 Å². The number of ether oxygens (including phenoxy) is 1. The standard InChI is InChI=1S/C22H33N5O2/c1-4-25-14-20(23-16-25)15-26-10-17-9-19(13-26)21-6-5-18(22(28)27(21)11-17)12-24(2)7-8-29-3/h5-6,14,16-17,19H,4,7-13,15H2,1-3H3/t17-,19+/m0/s1. The molecule has 1 fully saturated rings. The predicted molar refractivity (Wildman–Crippen MR) is 113 cm³/mol. The van der Waals surface area contributed by atoms with E-state index in [0.29, 0.717) is 25.0 Å². The number of methoxy groups -OCH3 is 1. The second-order valence-corrected chi connectivity index (χ2v) is 8.62. The normalized spacial score (nSPS) is 21.5. The fraction of sp³-hybridized carbons (Fsp3) is 0.636. The van der Waals surface area contributed by atoms with Crippen LogP contribution >= 0.6 is 0 Å². The minimum absolute atomic E-state index is 0.191. The van der Waals surface area contributed by atoms with E-state index in [-0.39, 0.29) is 5.56 Å². The summed E-state index contributed by atoms with van der Waals surface area (Å²) >= 11 is 0. The van der Waals surface area contributed by atoms with Gasteiger partial charge in [0, 0.05) is 76.3 Å². The van der Waals surface area contributed by atoms with E-state index in [1.54, 1.807) is 7.11 Å². The van der Waals surface area contributed by atoms with Crippen molar-refractivity contribution in [2.45, 2.75) is 45.4 Å². The SMILES string of the molecule is CCn1cnc(CN2C[C@@H]3C[C@H](C2)c2ccc(CN(C)CCOC)c(=O)n2C3)c1. The van der Waals surface area contributed by atoms with Crippen molar-refractivity contribution < 1.29 is 4.74 Å². The minimum atomic E-state index is 0.191. The molecule has 7 heteroatoms. The summed E-state index contributed by atoms with van der Waals surface area (Å²) in [4.78, 5) is 22.3. The first-order chi connectivity index (χ1) is 14.1. The summed E-state index contributed by atoms with van der Waals surface area (Å²) in [6.07, 6.45) is 5.25. The number of hydrogen-bond donors (Lipinski definition) is 0. The van der Waals surface area contributed by atoms with E-state index in [1.807, 2.05) is 19.4 Å². The third kappa shape index (κ3) is 4.47. The van der Waals surface area contributed by atoms with Crippen LogP contribution in [-0.2, 0) is 30.9 Å². The molecule has 4 heterocycles. The molecule has 0 aliphatic carbocycles. The van der Waals surface area contributed by atoms with Crippen LogP contribution in [0.2, 0.25) is 0 Å². The zero-order valence-electron chi connectivity index (χ0n) is 17.9. The van der Waals surface area contributed by atoms with Crippen molar-refractivity contribution in [1.29, 1.82) is 0 Å². The lowest BCUT2D eigenvalue weighted by molar-refractivity contribution is 0.113. The molecular weight excluding hydrogens is 366 g/mol. The average molecular weight is 400 g/mol. The highest BCUT2D eigenvalue weighted by Gasteiger charge is 2.35. The fourth-order valence-corrected chi connectivity index (χ4v) is 4.85. The molecule has 2 aromatic rings. The third-order valence-electron chi connectivity index (χ3n) is 6.31. The summed E-state index contributed by atoms with van der Waals surface area (Å²) in [6, 6.07) is 4.23. The maximum atomic E-state index is 13.1. The summed E-state index contributed by atoms with van der Waals surface area (Å²) in [6.45, 7) is 9.04. The van der Waals surface area contributed by atoms with Gasteiger partial charge in [-0.2, -0.15) is 0 Å². The highest BCUT2D eigenvalue weighted by atomic mass is 16.5. The van der Waals surface area contributed by atoms with Crippen LogP contribution in [0.25, 0.3) is 0 Å². The Morgan fingerprint density at radius 1 is 1.28 bits per heavy atom. The quantitative estimate of drug-likeness (QED) is 0.677. The molecule has 0 N–H and O–H groups in total. The minimum Gasteiger partial charge on any atom is -0.383 e. The highest BCUT2D eigenvalue weighted by molar-refractivity contribution is 5.22. The lowest BCUT2D eigenvalue weighted by Gasteiger charge is -2.42.